The Morgan fingerprint density at radius 1 is 1.12 bits per heavy atom. The van der Waals surface area contributed by atoms with Gasteiger partial charge in [-0.05, 0) is 30.2 Å². The predicted molar refractivity (Wildman–Crippen MR) is 94.9 cm³/mol. The number of hydrogen-bond donors (Lipinski definition) is 2. The molecule has 2 N–H and O–H groups in total. The Hall–Kier alpha value is -1.93. The number of nitrogens with one attached hydrogen (secondary N) is 1. The SMILES string of the molecule is CCC(C)C(NC(=O)c1ccc(S(=O)(=O)N(CC)CC)cc1)C(=O)O. The smallest absolute Gasteiger partial charge is 0.326 e. The second-order valence-corrected chi connectivity index (χ2v) is 7.73. The number of aliphatic carboxylic acids is 1. The van der Waals surface area contributed by atoms with Gasteiger partial charge in [-0.3, -0.25) is 4.79 Å². The summed E-state index contributed by atoms with van der Waals surface area (Å²) in [6.45, 7) is 7.82. The molecule has 0 aliphatic carbocycles. The van der Waals surface area contributed by atoms with Gasteiger partial charge in [0.05, 0.1) is 4.90 Å². The van der Waals surface area contributed by atoms with Gasteiger partial charge >= 0.3 is 5.97 Å². The van der Waals surface area contributed by atoms with E-state index < -0.39 is 27.9 Å². The minimum atomic E-state index is -3.59. The van der Waals surface area contributed by atoms with Gasteiger partial charge in [0.1, 0.15) is 6.04 Å². The van der Waals surface area contributed by atoms with Crippen LogP contribution in [0.2, 0.25) is 0 Å². The lowest BCUT2D eigenvalue weighted by Gasteiger charge is -2.20. The van der Waals surface area contributed by atoms with Crippen molar-refractivity contribution in [3.63, 3.8) is 0 Å². The van der Waals surface area contributed by atoms with Gasteiger partial charge in [-0.15, -0.1) is 0 Å². The van der Waals surface area contributed by atoms with Gasteiger partial charge in [-0.1, -0.05) is 34.1 Å². The molecule has 0 aliphatic rings. The zero-order valence-corrected chi connectivity index (χ0v) is 15.8. The van der Waals surface area contributed by atoms with E-state index >= 15 is 0 Å². The molecule has 0 aromatic heterocycles. The van der Waals surface area contributed by atoms with Crippen LogP contribution in [0, 0.1) is 5.92 Å². The summed E-state index contributed by atoms with van der Waals surface area (Å²) in [7, 11) is -3.59. The lowest BCUT2D eigenvalue weighted by atomic mass is 9.99. The highest BCUT2D eigenvalue weighted by atomic mass is 32.2. The number of carboxylic acid groups (broad SMARTS) is 1. The zero-order chi connectivity index (χ0) is 19.2. The summed E-state index contributed by atoms with van der Waals surface area (Å²) in [5.41, 5.74) is 0.216. The highest BCUT2D eigenvalue weighted by Crippen LogP contribution is 2.17. The monoisotopic (exact) mass is 370 g/mol. The van der Waals surface area contributed by atoms with Gasteiger partial charge in [-0.25, -0.2) is 13.2 Å². The number of amides is 1. The molecule has 25 heavy (non-hydrogen) atoms. The Balaban J connectivity index is 2.99. The number of carbonyl (C=O) groups is 2. The second-order valence-electron chi connectivity index (χ2n) is 5.79. The van der Waals surface area contributed by atoms with Crippen molar-refractivity contribution in [1.29, 1.82) is 0 Å². The van der Waals surface area contributed by atoms with Crippen molar-refractivity contribution in [2.24, 2.45) is 5.92 Å². The molecule has 1 aromatic rings. The summed E-state index contributed by atoms with van der Waals surface area (Å²) in [5, 5.41) is 11.7. The number of benzene rings is 1. The Kier molecular flexibility index (Phi) is 7.57. The average Bonchev–Trinajstić information content (AvgIpc) is 2.59. The molecule has 2 unspecified atom stereocenters. The standard InChI is InChI=1S/C17H26N2O5S/c1-5-12(4)15(17(21)22)18-16(20)13-8-10-14(11-9-13)25(23,24)19(6-2)7-3/h8-12,15H,5-7H2,1-4H3,(H,18,20)(H,21,22). The van der Waals surface area contributed by atoms with Crippen molar-refractivity contribution in [2.75, 3.05) is 13.1 Å². The largest absolute Gasteiger partial charge is 0.480 e. The van der Waals surface area contributed by atoms with Crippen LogP contribution in [0.3, 0.4) is 0 Å². The van der Waals surface area contributed by atoms with E-state index in [2.05, 4.69) is 5.32 Å². The third-order valence-electron chi connectivity index (χ3n) is 4.23. The van der Waals surface area contributed by atoms with Crippen LogP contribution in [0.25, 0.3) is 0 Å². The third-order valence-corrected chi connectivity index (χ3v) is 6.29. The van der Waals surface area contributed by atoms with Crippen molar-refractivity contribution in [1.82, 2.24) is 9.62 Å². The molecule has 0 fully saturated rings. The predicted octanol–water partition coefficient (Wildman–Crippen LogP) is 1.95. The Labute approximate surface area is 149 Å². The molecular formula is C17H26N2O5S. The first-order chi connectivity index (χ1) is 11.7. The van der Waals surface area contributed by atoms with Crippen LogP contribution in [-0.4, -0.2) is 48.8 Å². The normalized spacial score (nSPS) is 14.1. The van der Waals surface area contributed by atoms with E-state index in [1.807, 2.05) is 6.92 Å². The van der Waals surface area contributed by atoms with E-state index in [4.69, 9.17) is 0 Å². The first kappa shape index (κ1) is 21.1. The van der Waals surface area contributed by atoms with E-state index in [0.717, 1.165) is 0 Å². The average molecular weight is 370 g/mol. The van der Waals surface area contributed by atoms with Gasteiger partial charge < -0.3 is 10.4 Å². The summed E-state index contributed by atoms with van der Waals surface area (Å²) in [6, 6.07) is 4.52. The van der Waals surface area contributed by atoms with Crippen molar-refractivity contribution < 1.29 is 23.1 Å². The van der Waals surface area contributed by atoms with Gasteiger partial charge in [0, 0.05) is 18.7 Å². The third kappa shape index (κ3) is 5.02. The van der Waals surface area contributed by atoms with Gasteiger partial charge in [-0.2, -0.15) is 4.31 Å². The first-order valence-electron chi connectivity index (χ1n) is 8.32. The molecule has 140 valence electrons. The molecule has 0 heterocycles. The molecule has 1 aromatic carbocycles. The lowest BCUT2D eigenvalue weighted by molar-refractivity contribution is -0.140. The Morgan fingerprint density at radius 3 is 2.04 bits per heavy atom. The van der Waals surface area contributed by atoms with E-state index in [9.17, 15) is 23.1 Å². The number of carbonyl (C=O) groups excluding carboxylic acids is 1. The Morgan fingerprint density at radius 2 is 1.64 bits per heavy atom. The van der Waals surface area contributed by atoms with Crippen LogP contribution < -0.4 is 5.32 Å². The van der Waals surface area contributed by atoms with Gasteiger partial charge in [0.2, 0.25) is 10.0 Å². The minimum Gasteiger partial charge on any atom is -0.480 e. The molecule has 0 saturated heterocycles. The van der Waals surface area contributed by atoms with Crippen molar-refractivity contribution in [3.8, 4) is 0 Å². The summed E-state index contributed by atoms with van der Waals surface area (Å²) in [6.07, 6.45) is 0.609. The van der Waals surface area contributed by atoms with E-state index in [0.29, 0.717) is 19.5 Å². The number of hydrogen-bond acceptors (Lipinski definition) is 4. The maximum atomic E-state index is 12.4. The highest BCUT2D eigenvalue weighted by molar-refractivity contribution is 7.89. The van der Waals surface area contributed by atoms with E-state index in [1.165, 1.54) is 28.6 Å². The molecule has 7 nitrogen and oxygen atoms in total. The molecule has 0 radical (unpaired) electrons. The number of carboxylic acids is 1. The molecule has 0 bridgehead atoms. The maximum absolute atomic E-state index is 12.4. The molecule has 0 spiro atoms. The molecule has 0 aliphatic heterocycles. The number of nitrogens with zero attached hydrogens (tertiary/aromatic N) is 1. The Bertz CT molecular complexity index is 696. The van der Waals surface area contributed by atoms with Crippen LogP contribution in [0.1, 0.15) is 44.5 Å². The number of rotatable bonds is 9. The summed E-state index contributed by atoms with van der Waals surface area (Å²) in [4.78, 5) is 23.6. The topological polar surface area (TPSA) is 104 Å². The second kappa shape index (κ2) is 8.96. The zero-order valence-electron chi connectivity index (χ0n) is 15.0. The van der Waals surface area contributed by atoms with Crippen molar-refractivity contribution in [3.05, 3.63) is 29.8 Å². The highest BCUT2D eigenvalue weighted by Gasteiger charge is 2.26. The molecule has 2 atom stereocenters. The summed E-state index contributed by atoms with van der Waals surface area (Å²) >= 11 is 0. The van der Waals surface area contributed by atoms with Crippen LogP contribution in [0.15, 0.2) is 29.2 Å². The fourth-order valence-electron chi connectivity index (χ4n) is 2.40. The fraction of sp³-hybridized carbons (Fsp3) is 0.529. The quantitative estimate of drug-likeness (QED) is 0.691. The van der Waals surface area contributed by atoms with Gasteiger partial charge in [0.15, 0.2) is 0 Å². The molecular weight excluding hydrogens is 344 g/mol. The molecule has 1 rings (SSSR count). The van der Waals surface area contributed by atoms with Crippen molar-refractivity contribution >= 4 is 21.9 Å². The van der Waals surface area contributed by atoms with Crippen LogP contribution in [-0.2, 0) is 14.8 Å². The molecule has 0 saturated carbocycles. The van der Waals surface area contributed by atoms with Crippen LogP contribution in [0.4, 0.5) is 0 Å². The number of sulfonamides is 1. The minimum absolute atomic E-state index is 0.101. The van der Waals surface area contributed by atoms with Crippen molar-refractivity contribution in [2.45, 2.75) is 45.1 Å². The molecule has 1 amide bonds. The summed E-state index contributed by atoms with van der Waals surface area (Å²) in [5.74, 6) is -1.85. The van der Waals surface area contributed by atoms with Gasteiger partial charge in [0.25, 0.3) is 5.91 Å². The first-order valence-corrected chi connectivity index (χ1v) is 9.76. The fourth-order valence-corrected chi connectivity index (χ4v) is 3.86. The van der Waals surface area contributed by atoms with E-state index in [-0.39, 0.29) is 16.4 Å². The maximum Gasteiger partial charge on any atom is 0.326 e. The van der Waals surface area contributed by atoms with Crippen LogP contribution in [0.5, 0.6) is 0 Å². The van der Waals surface area contributed by atoms with E-state index in [1.54, 1.807) is 20.8 Å². The summed E-state index contributed by atoms with van der Waals surface area (Å²) < 4.78 is 26.2. The molecule has 8 heteroatoms. The van der Waals surface area contributed by atoms with Crippen LogP contribution >= 0.6 is 0 Å². The lowest BCUT2D eigenvalue weighted by Crippen LogP contribution is -2.45.